The van der Waals surface area contributed by atoms with Gasteiger partial charge in [0.2, 0.25) is 5.91 Å². The van der Waals surface area contributed by atoms with Crippen molar-refractivity contribution in [3.05, 3.63) is 47.0 Å². The van der Waals surface area contributed by atoms with Crippen molar-refractivity contribution in [2.24, 2.45) is 5.92 Å². The highest BCUT2D eigenvalue weighted by Crippen LogP contribution is 2.38. The second-order valence-corrected chi connectivity index (χ2v) is 8.64. The van der Waals surface area contributed by atoms with E-state index in [0.29, 0.717) is 39.2 Å². The van der Waals surface area contributed by atoms with E-state index in [2.05, 4.69) is 21.8 Å². The Kier molecular flexibility index (Phi) is 8.15. The lowest BCUT2D eigenvalue weighted by atomic mass is 9.98. The molecule has 2 aromatic carbocycles. The molecule has 1 aromatic heterocycles. The summed E-state index contributed by atoms with van der Waals surface area (Å²) in [6.45, 7) is 4.98. The maximum absolute atomic E-state index is 13.0. The second-order valence-electron chi connectivity index (χ2n) is 8.23. The number of hydrogen-bond acceptors (Lipinski definition) is 6. The van der Waals surface area contributed by atoms with Crippen LogP contribution in [0, 0.1) is 17.2 Å². The minimum atomic E-state index is -0.649. The fourth-order valence-electron chi connectivity index (χ4n) is 3.97. The van der Waals surface area contributed by atoms with E-state index in [-0.39, 0.29) is 36.2 Å². The summed E-state index contributed by atoms with van der Waals surface area (Å²) in [6.07, 6.45) is 0.697. The first-order valence-electron chi connectivity index (χ1n) is 10.8. The van der Waals surface area contributed by atoms with E-state index in [1.807, 2.05) is 6.07 Å². The molecule has 1 amide bonds. The van der Waals surface area contributed by atoms with E-state index < -0.39 is 6.09 Å². The van der Waals surface area contributed by atoms with Gasteiger partial charge in [0.25, 0.3) is 0 Å². The lowest BCUT2D eigenvalue weighted by molar-refractivity contribution is -0.120. The predicted octanol–water partition coefficient (Wildman–Crippen LogP) is 4.98. The number of hydrogen-bond donors (Lipinski definition) is 2. The van der Waals surface area contributed by atoms with Crippen molar-refractivity contribution < 1.29 is 14.3 Å². The number of carbonyl (C=O) groups excluding carboxylic acids is 2. The lowest BCUT2D eigenvalue weighted by Gasteiger charge is -2.21. The van der Waals surface area contributed by atoms with Gasteiger partial charge in [-0.3, -0.25) is 4.79 Å². The number of benzene rings is 2. The molecule has 0 spiro atoms. The Labute approximate surface area is 208 Å². The van der Waals surface area contributed by atoms with Gasteiger partial charge in [0, 0.05) is 17.1 Å². The molecular weight excluding hydrogens is 477 g/mol. The summed E-state index contributed by atoms with van der Waals surface area (Å²) < 4.78 is 6.50. The highest BCUT2D eigenvalue weighted by atomic mass is 35.5. The second kappa shape index (κ2) is 10.9. The Balaban J connectivity index is 0.00000324. The van der Waals surface area contributed by atoms with Crippen molar-refractivity contribution in [2.75, 3.05) is 18.4 Å². The molecule has 10 heteroatoms. The number of halogens is 2. The molecule has 3 aromatic rings. The largest absolute Gasteiger partial charge is 0.445 e. The van der Waals surface area contributed by atoms with Crippen LogP contribution in [0.15, 0.2) is 36.4 Å². The highest BCUT2D eigenvalue weighted by molar-refractivity contribution is 6.34. The molecule has 178 valence electrons. The summed E-state index contributed by atoms with van der Waals surface area (Å²) in [7, 11) is 0. The predicted molar refractivity (Wildman–Crippen MR) is 133 cm³/mol. The van der Waals surface area contributed by atoms with Crippen molar-refractivity contribution in [3.8, 4) is 17.2 Å². The number of nitrogens with one attached hydrogen (secondary N) is 2. The quantitative estimate of drug-likeness (QED) is 0.521. The summed E-state index contributed by atoms with van der Waals surface area (Å²) >= 11 is 6.48. The SMILES string of the molecule is CC(C)OC(=O)n1nc(NC(=O)[C@@H]2CCCNC2)c2c(-c3cc(C#N)ccc3Cl)cccc21.Cl. The number of anilines is 1. The average molecular weight is 502 g/mol. The zero-order valence-electron chi connectivity index (χ0n) is 18.8. The Morgan fingerprint density at radius 3 is 2.76 bits per heavy atom. The fraction of sp³-hybridized carbons (Fsp3) is 0.333. The van der Waals surface area contributed by atoms with Gasteiger partial charge in [0.1, 0.15) is 0 Å². The van der Waals surface area contributed by atoms with Gasteiger partial charge in [-0.2, -0.15) is 9.94 Å². The average Bonchev–Trinajstić information content (AvgIpc) is 3.18. The van der Waals surface area contributed by atoms with Gasteiger partial charge in [-0.05, 0) is 63.1 Å². The van der Waals surface area contributed by atoms with Crippen LogP contribution in [0.1, 0.15) is 32.3 Å². The summed E-state index contributed by atoms with van der Waals surface area (Å²) in [6, 6.07) is 12.4. The Hall–Kier alpha value is -3.12. The molecule has 1 aliphatic rings. The number of nitrogens with zero attached hydrogens (tertiary/aromatic N) is 3. The van der Waals surface area contributed by atoms with Crippen LogP contribution in [0.5, 0.6) is 0 Å². The van der Waals surface area contributed by atoms with Gasteiger partial charge >= 0.3 is 6.09 Å². The first kappa shape index (κ1) is 25.5. The van der Waals surface area contributed by atoms with Crippen LogP contribution < -0.4 is 10.6 Å². The van der Waals surface area contributed by atoms with Gasteiger partial charge in [0.05, 0.1) is 34.6 Å². The van der Waals surface area contributed by atoms with Crippen molar-refractivity contribution in [1.82, 2.24) is 15.1 Å². The van der Waals surface area contributed by atoms with Crippen LogP contribution in [0.4, 0.5) is 10.6 Å². The van der Waals surface area contributed by atoms with E-state index in [1.54, 1.807) is 44.2 Å². The molecule has 1 atom stereocenters. The highest BCUT2D eigenvalue weighted by Gasteiger charge is 2.26. The first-order chi connectivity index (χ1) is 15.9. The van der Waals surface area contributed by atoms with Crippen LogP contribution in [0.25, 0.3) is 22.0 Å². The van der Waals surface area contributed by atoms with Gasteiger partial charge in [-0.15, -0.1) is 17.5 Å². The number of rotatable bonds is 4. The molecule has 34 heavy (non-hydrogen) atoms. The molecule has 0 unspecified atom stereocenters. The van der Waals surface area contributed by atoms with E-state index in [4.69, 9.17) is 16.3 Å². The molecule has 0 radical (unpaired) electrons. The van der Waals surface area contributed by atoms with Crippen LogP contribution in [0.2, 0.25) is 5.02 Å². The Morgan fingerprint density at radius 1 is 1.29 bits per heavy atom. The van der Waals surface area contributed by atoms with Crippen molar-refractivity contribution >= 4 is 52.7 Å². The number of aromatic nitrogens is 2. The molecule has 1 aliphatic heterocycles. The third-order valence-electron chi connectivity index (χ3n) is 5.51. The Morgan fingerprint density at radius 2 is 2.09 bits per heavy atom. The zero-order chi connectivity index (χ0) is 23.5. The molecule has 0 saturated carbocycles. The molecule has 4 rings (SSSR count). The number of carbonyl (C=O) groups is 2. The molecule has 8 nitrogen and oxygen atoms in total. The number of amides is 1. The van der Waals surface area contributed by atoms with Gasteiger partial charge < -0.3 is 15.4 Å². The van der Waals surface area contributed by atoms with Crippen LogP contribution in [0.3, 0.4) is 0 Å². The lowest BCUT2D eigenvalue weighted by Crippen LogP contribution is -2.37. The van der Waals surface area contributed by atoms with Gasteiger partial charge in [-0.1, -0.05) is 23.7 Å². The maximum Gasteiger partial charge on any atom is 0.435 e. The molecule has 1 saturated heterocycles. The molecule has 1 fully saturated rings. The molecule has 0 bridgehead atoms. The van der Waals surface area contributed by atoms with E-state index in [0.717, 1.165) is 24.1 Å². The van der Waals surface area contributed by atoms with E-state index >= 15 is 0 Å². The number of ether oxygens (including phenoxy) is 1. The molecular formula is C24H25Cl2N5O3. The Bertz CT molecular complexity index is 1260. The first-order valence-corrected chi connectivity index (χ1v) is 11.2. The monoisotopic (exact) mass is 501 g/mol. The van der Waals surface area contributed by atoms with E-state index in [1.165, 1.54) is 0 Å². The van der Waals surface area contributed by atoms with Crippen LogP contribution in [-0.4, -0.2) is 41.0 Å². The standard InChI is InChI=1S/C24H24ClN5O3.ClH/c1-14(2)33-24(32)30-20-7-3-6-17(18-11-15(12-26)8-9-19(18)25)21(20)22(29-30)28-23(31)16-5-4-10-27-13-16;/h3,6-9,11,14,16,27H,4-5,10,13H2,1-2H3,(H,28,29,31);1H/t16-;/m1./s1. The van der Waals surface area contributed by atoms with Crippen LogP contribution in [-0.2, 0) is 9.53 Å². The maximum atomic E-state index is 13.0. The normalized spacial score (nSPS) is 15.4. The third-order valence-corrected chi connectivity index (χ3v) is 5.84. The molecule has 2 heterocycles. The number of piperidine rings is 1. The van der Waals surface area contributed by atoms with E-state index in [9.17, 15) is 14.9 Å². The topological polar surface area (TPSA) is 109 Å². The van der Waals surface area contributed by atoms with Gasteiger partial charge in [-0.25, -0.2) is 4.79 Å². The zero-order valence-corrected chi connectivity index (χ0v) is 20.4. The minimum absolute atomic E-state index is 0. The van der Waals surface area contributed by atoms with Crippen LogP contribution >= 0.6 is 24.0 Å². The van der Waals surface area contributed by atoms with Gasteiger partial charge in [0.15, 0.2) is 5.82 Å². The number of nitriles is 1. The summed E-state index contributed by atoms with van der Waals surface area (Å²) in [5, 5.41) is 20.9. The third kappa shape index (κ3) is 5.17. The minimum Gasteiger partial charge on any atom is -0.445 e. The summed E-state index contributed by atoms with van der Waals surface area (Å²) in [4.78, 5) is 25.8. The summed E-state index contributed by atoms with van der Waals surface area (Å²) in [5.74, 6) is -0.118. The van der Waals surface area contributed by atoms with Crippen molar-refractivity contribution in [3.63, 3.8) is 0 Å². The smallest absolute Gasteiger partial charge is 0.435 e. The summed E-state index contributed by atoms with van der Waals surface area (Å²) in [5.41, 5.74) is 2.16. The fourth-order valence-corrected chi connectivity index (χ4v) is 4.19. The van der Waals surface area contributed by atoms with Crippen molar-refractivity contribution in [1.29, 1.82) is 5.26 Å². The molecule has 0 aliphatic carbocycles. The molecule has 2 N–H and O–H groups in total. The number of fused-ring (bicyclic) bond motifs is 1. The van der Waals surface area contributed by atoms with Crippen molar-refractivity contribution in [2.45, 2.75) is 32.8 Å².